The van der Waals surface area contributed by atoms with Crippen LogP contribution in [0.1, 0.15) is 12.7 Å². The molecule has 152 valence electrons. The highest BCUT2D eigenvalue weighted by Gasteiger charge is 2.53. The summed E-state index contributed by atoms with van der Waals surface area (Å²) >= 11 is 0. The van der Waals surface area contributed by atoms with Crippen molar-refractivity contribution in [2.75, 3.05) is 30.4 Å². The van der Waals surface area contributed by atoms with Crippen molar-refractivity contribution in [2.24, 2.45) is 17.8 Å². The lowest BCUT2D eigenvalue weighted by Gasteiger charge is -2.21. The van der Waals surface area contributed by atoms with Crippen LogP contribution in [0.3, 0.4) is 0 Å². The molecule has 10 heteroatoms. The highest BCUT2D eigenvalue weighted by atomic mass is 16.5. The summed E-state index contributed by atoms with van der Waals surface area (Å²) < 4.78 is 5.91. The van der Waals surface area contributed by atoms with E-state index in [1.54, 1.807) is 18.7 Å². The minimum absolute atomic E-state index is 0.254. The van der Waals surface area contributed by atoms with Gasteiger partial charge in [-0.2, -0.15) is 9.97 Å². The van der Waals surface area contributed by atoms with E-state index in [1.807, 2.05) is 14.0 Å². The molecule has 0 bridgehead atoms. The van der Waals surface area contributed by atoms with E-state index in [-0.39, 0.29) is 6.01 Å². The van der Waals surface area contributed by atoms with Gasteiger partial charge in [0.2, 0.25) is 0 Å². The van der Waals surface area contributed by atoms with Crippen LogP contribution in [0.15, 0.2) is 18.7 Å². The first-order valence-corrected chi connectivity index (χ1v) is 10.1. The fraction of sp³-hybridized carbons (Fsp3) is 0.400. The number of H-pyrrole nitrogens is 1. The predicted octanol–water partition coefficient (Wildman–Crippen LogP) is 2.54. The van der Waals surface area contributed by atoms with Crippen LogP contribution in [0.2, 0.25) is 0 Å². The van der Waals surface area contributed by atoms with Crippen LogP contribution in [0.4, 0.5) is 11.6 Å². The molecule has 0 spiro atoms. The Labute approximate surface area is 172 Å². The van der Waals surface area contributed by atoms with Gasteiger partial charge in [-0.05, 0) is 24.7 Å². The predicted molar refractivity (Wildman–Crippen MR) is 112 cm³/mol. The fourth-order valence-corrected chi connectivity index (χ4v) is 4.55. The average Bonchev–Trinajstić information content (AvgIpc) is 3.13. The van der Waals surface area contributed by atoms with E-state index in [4.69, 9.17) is 9.72 Å². The van der Waals surface area contributed by atoms with Gasteiger partial charge >= 0.3 is 6.01 Å². The second-order valence-corrected chi connectivity index (χ2v) is 8.03. The zero-order valence-electron chi connectivity index (χ0n) is 16.9. The monoisotopic (exact) mass is 403 g/mol. The molecule has 2 N–H and O–H groups in total. The van der Waals surface area contributed by atoms with E-state index >= 15 is 0 Å². The molecule has 0 aromatic carbocycles. The van der Waals surface area contributed by atoms with Gasteiger partial charge in [0.1, 0.15) is 34.7 Å². The first-order valence-electron chi connectivity index (χ1n) is 10.1. The van der Waals surface area contributed by atoms with Gasteiger partial charge in [-0.1, -0.05) is 6.92 Å². The maximum atomic E-state index is 5.91. The Hall–Kier alpha value is -3.56. The summed E-state index contributed by atoms with van der Waals surface area (Å²) in [6.45, 7) is 6.13. The van der Waals surface area contributed by atoms with E-state index < -0.39 is 0 Å². The number of fused-ring (bicyclic) bond motifs is 4. The number of hydrogen-bond donors (Lipinski definition) is 2. The van der Waals surface area contributed by atoms with Gasteiger partial charge in [-0.3, -0.25) is 0 Å². The summed E-state index contributed by atoms with van der Waals surface area (Å²) in [5.41, 5.74) is 2.28. The van der Waals surface area contributed by atoms with E-state index in [2.05, 4.69) is 47.0 Å². The van der Waals surface area contributed by atoms with Crippen LogP contribution >= 0.6 is 0 Å². The lowest BCUT2D eigenvalue weighted by Crippen LogP contribution is -2.25. The number of aromatic nitrogens is 7. The Morgan fingerprint density at radius 3 is 2.60 bits per heavy atom. The highest BCUT2D eigenvalue weighted by Crippen LogP contribution is 2.52. The SMILES string of the molecule is CNc1ncnc2c1[nH]c1nc(Oc3cnc(C)nc3)nc(N3CC4C(C)C4C3)c12. The number of piperidine rings is 1. The molecule has 0 amide bonds. The van der Waals surface area contributed by atoms with Crippen molar-refractivity contribution in [3.05, 3.63) is 24.5 Å². The summed E-state index contributed by atoms with van der Waals surface area (Å²) in [7, 11) is 1.83. The van der Waals surface area contributed by atoms with Gasteiger partial charge in [0.15, 0.2) is 11.6 Å². The van der Waals surface area contributed by atoms with Crippen LogP contribution in [0.25, 0.3) is 22.1 Å². The Bertz CT molecular complexity index is 1260. The maximum absolute atomic E-state index is 5.91. The number of anilines is 2. The van der Waals surface area contributed by atoms with Gasteiger partial charge in [0, 0.05) is 20.1 Å². The number of nitrogens with one attached hydrogen (secondary N) is 2. The van der Waals surface area contributed by atoms with Crippen molar-refractivity contribution < 1.29 is 4.74 Å². The maximum Gasteiger partial charge on any atom is 0.326 e. The topological polar surface area (TPSA) is 118 Å². The molecule has 30 heavy (non-hydrogen) atoms. The van der Waals surface area contributed by atoms with Crippen molar-refractivity contribution in [3.63, 3.8) is 0 Å². The molecule has 4 aromatic heterocycles. The molecule has 4 aromatic rings. The van der Waals surface area contributed by atoms with E-state index in [9.17, 15) is 0 Å². The summed E-state index contributed by atoms with van der Waals surface area (Å²) in [5, 5.41) is 4.00. The van der Waals surface area contributed by atoms with Crippen LogP contribution in [-0.4, -0.2) is 55.0 Å². The zero-order valence-corrected chi connectivity index (χ0v) is 16.9. The Balaban J connectivity index is 1.51. The second-order valence-electron chi connectivity index (χ2n) is 8.03. The molecule has 5 heterocycles. The minimum atomic E-state index is 0.254. The molecule has 1 aliphatic heterocycles. The van der Waals surface area contributed by atoms with Crippen LogP contribution in [-0.2, 0) is 0 Å². The van der Waals surface area contributed by atoms with Crippen molar-refractivity contribution in [3.8, 4) is 11.8 Å². The normalized spacial score (nSPS) is 22.5. The van der Waals surface area contributed by atoms with Gasteiger partial charge in [0.05, 0.1) is 17.8 Å². The van der Waals surface area contributed by atoms with Crippen LogP contribution in [0.5, 0.6) is 11.8 Å². The lowest BCUT2D eigenvalue weighted by atomic mass is 10.2. The molecular weight excluding hydrogens is 382 g/mol. The Morgan fingerprint density at radius 2 is 1.87 bits per heavy atom. The largest absolute Gasteiger partial charge is 0.421 e. The van der Waals surface area contributed by atoms with Gasteiger partial charge < -0.3 is 19.9 Å². The second kappa shape index (κ2) is 6.22. The first kappa shape index (κ1) is 17.3. The number of aromatic amines is 1. The first-order chi connectivity index (χ1) is 14.6. The molecule has 2 unspecified atom stereocenters. The summed E-state index contributed by atoms with van der Waals surface area (Å²) in [6, 6.07) is 0.254. The van der Waals surface area contributed by atoms with Gasteiger partial charge in [-0.15, -0.1) is 0 Å². The summed E-state index contributed by atoms with van der Waals surface area (Å²) in [6.07, 6.45) is 4.80. The van der Waals surface area contributed by atoms with Crippen LogP contribution in [0, 0.1) is 24.7 Å². The average molecular weight is 403 g/mol. The van der Waals surface area contributed by atoms with E-state index in [0.717, 1.165) is 58.9 Å². The minimum Gasteiger partial charge on any atom is -0.421 e. The number of rotatable bonds is 4. The molecular formula is C20H21N9O. The molecule has 0 radical (unpaired) electrons. The van der Waals surface area contributed by atoms with Gasteiger partial charge in [-0.25, -0.2) is 19.9 Å². The summed E-state index contributed by atoms with van der Waals surface area (Å²) in [4.78, 5) is 32.3. The zero-order chi connectivity index (χ0) is 20.4. The molecule has 1 saturated carbocycles. The highest BCUT2D eigenvalue weighted by molar-refractivity contribution is 6.11. The van der Waals surface area contributed by atoms with Crippen LogP contribution < -0.4 is 15.0 Å². The standard InChI is InChI=1S/C20H21N9O/c1-9-12-6-29(7-13(9)12)19-14-15-16(18(21-3)25-8-24-15)26-17(14)27-20(28-19)30-11-4-22-10(2)23-5-11/h4-5,8-9,12-13H,6-7H2,1-3H3,(H,21,24,25)(H,26,27,28). The summed E-state index contributed by atoms with van der Waals surface area (Å²) in [5.74, 6) is 5.00. The third-order valence-electron chi connectivity index (χ3n) is 6.32. The van der Waals surface area contributed by atoms with E-state index in [0.29, 0.717) is 17.2 Å². The third kappa shape index (κ3) is 2.56. The Kier molecular flexibility index (Phi) is 3.59. The number of aryl methyl sites for hydroxylation is 1. The van der Waals surface area contributed by atoms with Crippen molar-refractivity contribution in [1.29, 1.82) is 0 Å². The molecule has 1 saturated heterocycles. The van der Waals surface area contributed by atoms with Crippen molar-refractivity contribution in [1.82, 2.24) is 34.9 Å². The van der Waals surface area contributed by atoms with E-state index in [1.165, 1.54) is 0 Å². The molecule has 2 aliphatic rings. The molecule has 1 aliphatic carbocycles. The lowest BCUT2D eigenvalue weighted by molar-refractivity contribution is 0.439. The quantitative estimate of drug-likeness (QED) is 0.530. The number of nitrogens with zero attached hydrogens (tertiary/aromatic N) is 7. The Morgan fingerprint density at radius 1 is 1.10 bits per heavy atom. The smallest absolute Gasteiger partial charge is 0.326 e. The molecule has 2 atom stereocenters. The third-order valence-corrected chi connectivity index (χ3v) is 6.32. The molecule has 2 fully saturated rings. The number of ether oxygens (including phenoxy) is 1. The molecule has 10 nitrogen and oxygen atoms in total. The molecule has 6 rings (SSSR count). The van der Waals surface area contributed by atoms with Crippen molar-refractivity contribution in [2.45, 2.75) is 13.8 Å². The number of hydrogen-bond acceptors (Lipinski definition) is 9. The fourth-order valence-electron chi connectivity index (χ4n) is 4.55. The van der Waals surface area contributed by atoms with Crippen molar-refractivity contribution >= 4 is 33.7 Å². The van der Waals surface area contributed by atoms with Gasteiger partial charge in [0.25, 0.3) is 0 Å².